The summed E-state index contributed by atoms with van der Waals surface area (Å²) in [5, 5.41) is 2.73. The van der Waals surface area contributed by atoms with Gasteiger partial charge >= 0.3 is 11.9 Å². The third kappa shape index (κ3) is 4.46. The molecule has 0 radical (unpaired) electrons. The number of anilines is 1. The van der Waals surface area contributed by atoms with Crippen molar-refractivity contribution in [2.24, 2.45) is 5.92 Å². The van der Waals surface area contributed by atoms with E-state index in [0.29, 0.717) is 0 Å². The van der Waals surface area contributed by atoms with Crippen LogP contribution in [-0.2, 0) is 19.1 Å². The fourth-order valence-electron chi connectivity index (χ4n) is 1.48. The summed E-state index contributed by atoms with van der Waals surface area (Å²) >= 11 is 5.95. The topological polar surface area (TPSA) is 81.7 Å². The van der Waals surface area contributed by atoms with E-state index in [1.165, 1.54) is 32.2 Å². The molecule has 21 heavy (non-hydrogen) atoms. The molecule has 1 amide bonds. The maximum atomic E-state index is 11.9. The van der Waals surface area contributed by atoms with Crippen molar-refractivity contribution in [3.63, 3.8) is 0 Å². The lowest BCUT2D eigenvalue weighted by Gasteiger charge is -2.13. The van der Waals surface area contributed by atoms with Gasteiger partial charge in [-0.25, -0.2) is 4.79 Å². The average molecular weight is 314 g/mol. The highest BCUT2D eigenvalue weighted by Gasteiger charge is 2.23. The maximum Gasteiger partial charge on any atom is 0.337 e. The number of methoxy groups -OCH3 is 1. The van der Waals surface area contributed by atoms with Gasteiger partial charge in [0.05, 0.1) is 30.0 Å². The van der Waals surface area contributed by atoms with Crippen LogP contribution in [0, 0.1) is 5.92 Å². The lowest BCUT2D eigenvalue weighted by molar-refractivity contribution is -0.150. The molecule has 0 aliphatic heterocycles. The van der Waals surface area contributed by atoms with Crippen LogP contribution in [0.1, 0.15) is 24.2 Å². The van der Waals surface area contributed by atoms with Crippen LogP contribution < -0.4 is 5.32 Å². The van der Waals surface area contributed by atoms with Gasteiger partial charge in [-0.1, -0.05) is 11.6 Å². The van der Waals surface area contributed by atoms with Crippen molar-refractivity contribution in [2.45, 2.75) is 13.8 Å². The summed E-state index contributed by atoms with van der Waals surface area (Å²) in [5.74, 6) is -2.74. The minimum absolute atomic E-state index is 0.190. The van der Waals surface area contributed by atoms with Gasteiger partial charge in [-0.3, -0.25) is 9.59 Å². The molecule has 7 heteroatoms. The van der Waals surface area contributed by atoms with Crippen LogP contribution >= 0.6 is 11.6 Å². The highest BCUT2D eigenvalue weighted by molar-refractivity contribution is 6.34. The normalized spacial score (nSPS) is 11.4. The molecule has 0 aliphatic carbocycles. The van der Waals surface area contributed by atoms with Crippen LogP contribution in [0.5, 0.6) is 0 Å². The van der Waals surface area contributed by atoms with E-state index >= 15 is 0 Å². The Morgan fingerprint density at radius 1 is 1.33 bits per heavy atom. The number of rotatable bonds is 5. The molecule has 6 nitrogen and oxygen atoms in total. The summed E-state index contributed by atoms with van der Waals surface area (Å²) in [6.07, 6.45) is 0. The number of carbonyl (C=O) groups excluding carboxylic acids is 3. The summed E-state index contributed by atoms with van der Waals surface area (Å²) < 4.78 is 9.35. The molecule has 0 saturated heterocycles. The number of ether oxygens (including phenoxy) is 2. The zero-order valence-corrected chi connectivity index (χ0v) is 12.7. The van der Waals surface area contributed by atoms with E-state index in [1.807, 2.05) is 0 Å². The predicted octanol–water partition coefficient (Wildman–Crippen LogP) is 2.26. The predicted molar refractivity (Wildman–Crippen MR) is 77.2 cm³/mol. The summed E-state index contributed by atoms with van der Waals surface area (Å²) in [6.45, 7) is 3.26. The van der Waals surface area contributed by atoms with Gasteiger partial charge in [0.2, 0.25) is 5.91 Å². The Morgan fingerprint density at radius 2 is 2.00 bits per heavy atom. The monoisotopic (exact) mass is 313 g/mol. The van der Waals surface area contributed by atoms with E-state index in [2.05, 4.69) is 10.1 Å². The standard InChI is InChI=1S/C14H16ClNO5/c1-4-21-13(18)8(2)12(17)16-11-7-9(14(19)20-3)5-6-10(11)15/h5-8H,4H2,1-3H3,(H,16,17). The van der Waals surface area contributed by atoms with Crippen molar-refractivity contribution < 1.29 is 23.9 Å². The molecule has 0 spiro atoms. The van der Waals surface area contributed by atoms with E-state index in [1.54, 1.807) is 6.92 Å². The van der Waals surface area contributed by atoms with Crippen LogP contribution in [0.25, 0.3) is 0 Å². The van der Waals surface area contributed by atoms with Crippen molar-refractivity contribution in [1.29, 1.82) is 0 Å². The van der Waals surface area contributed by atoms with Gasteiger partial charge in [0.15, 0.2) is 0 Å². The molecule has 0 heterocycles. The number of esters is 2. The van der Waals surface area contributed by atoms with Crippen molar-refractivity contribution in [3.8, 4) is 0 Å². The Bertz CT molecular complexity index is 558. The van der Waals surface area contributed by atoms with Crippen molar-refractivity contribution in [1.82, 2.24) is 0 Å². The van der Waals surface area contributed by atoms with Crippen molar-refractivity contribution in [3.05, 3.63) is 28.8 Å². The summed E-state index contributed by atoms with van der Waals surface area (Å²) in [7, 11) is 1.25. The number of halogens is 1. The Balaban J connectivity index is 2.89. The molecular formula is C14H16ClNO5. The molecule has 1 aromatic carbocycles. The zero-order valence-electron chi connectivity index (χ0n) is 11.9. The van der Waals surface area contributed by atoms with Crippen LogP contribution in [0.15, 0.2) is 18.2 Å². The number of amides is 1. The van der Waals surface area contributed by atoms with Gasteiger partial charge in [-0.15, -0.1) is 0 Å². The second-order valence-corrected chi connectivity index (χ2v) is 4.56. The molecule has 1 rings (SSSR count). The van der Waals surface area contributed by atoms with E-state index < -0.39 is 23.8 Å². The van der Waals surface area contributed by atoms with Crippen LogP contribution in [0.4, 0.5) is 5.69 Å². The molecule has 1 atom stereocenters. The van der Waals surface area contributed by atoms with E-state index in [4.69, 9.17) is 16.3 Å². The quantitative estimate of drug-likeness (QED) is 0.666. The molecule has 0 fully saturated rings. The van der Waals surface area contributed by atoms with Crippen molar-refractivity contribution in [2.75, 3.05) is 19.0 Å². The Hall–Kier alpha value is -2.08. The minimum atomic E-state index is -0.984. The Kier molecular flexibility index (Phi) is 6.17. The van der Waals surface area contributed by atoms with E-state index in [-0.39, 0.29) is 22.9 Å². The summed E-state index contributed by atoms with van der Waals surface area (Å²) in [6, 6.07) is 4.31. The Morgan fingerprint density at radius 3 is 2.57 bits per heavy atom. The zero-order chi connectivity index (χ0) is 16.0. The highest BCUT2D eigenvalue weighted by atomic mass is 35.5. The number of nitrogens with one attached hydrogen (secondary N) is 1. The van der Waals surface area contributed by atoms with Gasteiger partial charge in [-0.05, 0) is 32.0 Å². The number of benzene rings is 1. The molecule has 1 N–H and O–H groups in total. The molecule has 1 aromatic rings. The van der Waals surface area contributed by atoms with E-state index in [9.17, 15) is 14.4 Å². The number of carbonyl (C=O) groups is 3. The molecule has 1 unspecified atom stereocenters. The van der Waals surface area contributed by atoms with E-state index in [0.717, 1.165) is 0 Å². The van der Waals surface area contributed by atoms with Gasteiger partial charge < -0.3 is 14.8 Å². The fourth-order valence-corrected chi connectivity index (χ4v) is 1.65. The molecule has 114 valence electrons. The third-order valence-electron chi connectivity index (χ3n) is 2.68. The molecule has 0 aromatic heterocycles. The maximum absolute atomic E-state index is 11.9. The number of hydrogen-bond donors (Lipinski definition) is 1. The second kappa shape index (κ2) is 7.64. The van der Waals surface area contributed by atoms with Gasteiger partial charge in [0, 0.05) is 0 Å². The minimum Gasteiger partial charge on any atom is -0.465 e. The number of hydrogen-bond acceptors (Lipinski definition) is 5. The average Bonchev–Trinajstić information content (AvgIpc) is 2.47. The first-order valence-electron chi connectivity index (χ1n) is 6.26. The fraction of sp³-hybridized carbons (Fsp3) is 0.357. The smallest absolute Gasteiger partial charge is 0.337 e. The first kappa shape index (κ1) is 17.0. The first-order valence-corrected chi connectivity index (χ1v) is 6.63. The summed E-state index contributed by atoms with van der Waals surface area (Å²) in [5.41, 5.74) is 0.460. The summed E-state index contributed by atoms with van der Waals surface area (Å²) in [4.78, 5) is 34.9. The first-order chi connectivity index (χ1) is 9.90. The van der Waals surface area contributed by atoms with Gasteiger partial charge in [0.1, 0.15) is 5.92 Å². The van der Waals surface area contributed by atoms with Crippen LogP contribution in [-0.4, -0.2) is 31.6 Å². The van der Waals surface area contributed by atoms with Crippen molar-refractivity contribution >= 4 is 35.1 Å². The molecular weight excluding hydrogens is 298 g/mol. The second-order valence-electron chi connectivity index (χ2n) is 4.15. The lowest BCUT2D eigenvalue weighted by Crippen LogP contribution is -2.29. The van der Waals surface area contributed by atoms with Crippen LogP contribution in [0.3, 0.4) is 0 Å². The SMILES string of the molecule is CCOC(=O)C(C)C(=O)Nc1cc(C(=O)OC)ccc1Cl. The van der Waals surface area contributed by atoms with Crippen LogP contribution in [0.2, 0.25) is 5.02 Å². The Labute approximate surface area is 127 Å². The van der Waals surface area contributed by atoms with Gasteiger partial charge in [0.25, 0.3) is 0 Å². The third-order valence-corrected chi connectivity index (χ3v) is 3.01. The largest absolute Gasteiger partial charge is 0.465 e. The highest BCUT2D eigenvalue weighted by Crippen LogP contribution is 2.24. The van der Waals surface area contributed by atoms with Gasteiger partial charge in [-0.2, -0.15) is 0 Å². The molecule has 0 saturated carbocycles. The molecule has 0 aliphatic rings. The lowest BCUT2D eigenvalue weighted by atomic mass is 10.1. The molecule has 0 bridgehead atoms.